The number of methoxy groups -OCH3 is 1. The number of nitrogens with zero attached hydrogens (tertiary/aromatic N) is 3. The van der Waals surface area contributed by atoms with E-state index >= 15 is 0 Å². The number of aliphatic hydroxyl groups excluding tert-OH is 1. The Morgan fingerprint density at radius 2 is 1.88 bits per heavy atom. The Hall–Kier alpha value is -3.06. The van der Waals surface area contributed by atoms with E-state index < -0.39 is 0 Å². The largest absolute Gasteiger partial charge is 0.494 e. The van der Waals surface area contributed by atoms with E-state index in [4.69, 9.17) is 15.6 Å². The lowest BCUT2D eigenvalue weighted by atomic mass is 10.1. The maximum Gasteiger partial charge on any atom is 0.221 e. The Morgan fingerprint density at radius 1 is 1.12 bits per heavy atom. The molecule has 3 N–H and O–H groups in total. The third-order valence-corrected chi connectivity index (χ3v) is 3.83. The molecule has 0 aliphatic rings. The number of aromatic nitrogens is 3. The van der Waals surface area contributed by atoms with Crippen LogP contribution in [0, 0.1) is 0 Å². The summed E-state index contributed by atoms with van der Waals surface area (Å²) >= 11 is 0. The number of carbonyl (C=O) groups excluding carboxylic acids is 1. The molecule has 0 unspecified atom stereocenters. The minimum Gasteiger partial charge on any atom is -0.494 e. The molecule has 25 heavy (non-hydrogen) atoms. The van der Waals surface area contributed by atoms with Gasteiger partial charge in [-0.25, -0.2) is 9.97 Å². The van der Waals surface area contributed by atoms with Gasteiger partial charge in [0.15, 0.2) is 5.78 Å². The van der Waals surface area contributed by atoms with Gasteiger partial charge in [-0.1, -0.05) is 18.2 Å². The molecule has 2 aromatic heterocycles. The first kappa shape index (κ1) is 16.8. The van der Waals surface area contributed by atoms with Gasteiger partial charge in [-0.15, -0.1) is 0 Å². The monoisotopic (exact) mass is 338 g/mol. The lowest BCUT2D eigenvalue weighted by molar-refractivity contribution is 0.0979. The topological polar surface area (TPSA) is 111 Å². The molecule has 0 spiro atoms. The maximum atomic E-state index is 12.7. The molecule has 0 saturated carbocycles. The molecule has 0 saturated heterocycles. The number of Topliss-reactive ketones (excluding diaryl/α,β-unsaturated/α-hetero) is 1. The quantitative estimate of drug-likeness (QED) is 0.660. The van der Waals surface area contributed by atoms with E-state index in [0.717, 1.165) is 5.69 Å². The van der Waals surface area contributed by atoms with Gasteiger partial charge in [0.05, 0.1) is 19.4 Å². The second-order valence-electron chi connectivity index (χ2n) is 5.49. The molecule has 0 amide bonds. The van der Waals surface area contributed by atoms with Crippen LogP contribution < -0.4 is 10.5 Å². The number of nitrogen functional groups attached to an aromatic ring is 1. The van der Waals surface area contributed by atoms with Gasteiger partial charge < -0.3 is 15.6 Å². The second-order valence-corrected chi connectivity index (χ2v) is 5.49. The Kier molecular flexibility index (Phi) is 4.85. The Balaban J connectivity index is 1.89. The number of pyridine rings is 1. The van der Waals surface area contributed by atoms with Crippen LogP contribution in [0.25, 0.3) is 10.9 Å². The van der Waals surface area contributed by atoms with Crippen molar-refractivity contribution in [1.29, 1.82) is 0 Å². The summed E-state index contributed by atoms with van der Waals surface area (Å²) in [6, 6.07) is 10.7. The van der Waals surface area contributed by atoms with Crippen molar-refractivity contribution < 1.29 is 14.6 Å². The fourth-order valence-electron chi connectivity index (χ4n) is 2.64. The predicted molar refractivity (Wildman–Crippen MR) is 93.3 cm³/mol. The second kappa shape index (κ2) is 7.23. The van der Waals surface area contributed by atoms with Gasteiger partial charge >= 0.3 is 0 Å². The van der Waals surface area contributed by atoms with E-state index in [1.54, 1.807) is 30.3 Å². The first-order valence-electron chi connectivity index (χ1n) is 7.81. The van der Waals surface area contributed by atoms with Crippen LogP contribution in [0.3, 0.4) is 0 Å². The molecule has 0 radical (unpaired) electrons. The number of aryl methyl sites for hydroxylation is 1. The van der Waals surface area contributed by atoms with E-state index in [9.17, 15) is 4.79 Å². The van der Waals surface area contributed by atoms with Crippen molar-refractivity contribution in [3.05, 3.63) is 53.5 Å². The van der Waals surface area contributed by atoms with E-state index in [1.165, 1.54) is 7.11 Å². The van der Waals surface area contributed by atoms with E-state index in [2.05, 4.69) is 15.0 Å². The van der Waals surface area contributed by atoms with Crippen LogP contribution in [0.5, 0.6) is 5.75 Å². The third-order valence-electron chi connectivity index (χ3n) is 3.83. The van der Waals surface area contributed by atoms with Crippen molar-refractivity contribution in [2.75, 3.05) is 12.8 Å². The molecule has 3 aromatic rings. The number of carbonyl (C=O) groups is 1. The third kappa shape index (κ3) is 3.56. The smallest absolute Gasteiger partial charge is 0.221 e. The summed E-state index contributed by atoms with van der Waals surface area (Å²) in [4.78, 5) is 25.3. The number of benzene rings is 1. The number of ether oxygens (including phenoxy) is 1. The molecule has 0 fully saturated rings. The molecular formula is C18H18N4O3. The van der Waals surface area contributed by atoms with E-state index in [1.807, 2.05) is 6.07 Å². The maximum absolute atomic E-state index is 12.7. The van der Waals surface area contributed by atoms with Crippen LogP contribution in [-0.4, -0.2) is 33.0 Å². The predicted octanol–water partition coefficient (Wildman–Crippen LogP) is 1.92. The van der Waals surface area contributed by atoms with Gasteiger partial charge in [-0.3, -0.25) is 9.78 Å². The first-order chi connectivity index (χ1) is 12.1. The zero-order chi connectivity index (χ0) is 17.8. The summed E-state index contributed by atoms with van der Waals surface area (Å²) in [6.45, 7) is -0.130. The SMILES string of the molecule is COc1cccc2c(C(=O)CCc3cccc(CO)n3)nc(N)nc12. The van der Waals surface area contributed by atoms with Crippen molar-refractivity contribution in [1.82, 2.24) is 15.0 Å². The molecule has 0 bridgehead atoms. The molecule has 0 atom stereocenters. The molecule has 1 aromatic carbocycles. The fraction of sp³-hybridized carbons (Fsp3) is 0.222. The Morgan fingerprint density at radius 3 is 2.64 bits per heavy atom. The fourth-order valence-corrected chi connectivity index (χ4v) is 2.64. The zero-order valence-electron chi connectivity index (χ0n) is 13.8. The standard InChI is InChI=1S/C18H18N4O3/c1-25-15-7-3-6-13-16(21-18(19)22-17(13)15)14(24)9-8-11-4-2-5-12(10-23)20-11/h2-7,23H,8-10H2,1H3,(H2,19,21,22). The van der Waals surface area contributed by atoms with Gasteiger partial charge in [0.25, 0.3) is 0 Å². The molecule has 0 aliphatic carbocycles. The van der Waals surface area contributed by atoms with Crippen LogP contribution in [0.2, 0.25) is 0 Å². The number of nitrogens with two attached hydrogens (primary N) is 1. The molecule has 7 nitrogen and oxygen atoms in total. The highest BCUT2D eigenvalue weighted by Crippen LogP contribution is 2.26. The van der Waals surface area contributed by atoms with Crippen LogP contribution in [0.4, 0.5) is 5.95 Å². The van der Waals surface area contributed by atoms with Gasteiger partial charge in [-0.2, -0.15) is 0 Å². The Bertz CT molecular complexity index is 927. The minimum atomic E-state index is -0.149. The highest BCUT2D eigenvalue weighted by Gasteiger charge is 2.16. The van der Waals surface area contributed by atoms with Crippen molar-refractivity contribution in [3.63, 3.8) is 0 Å². The number of ketones is 1. The normalized spacial score (nSPS) is 10.8. The number of rotatable bonds is 6. The molecule has 0 aliphatic heterocycles. The van der Waals surface area contributed by atoms with E-state index in [0.29, 0.717) is 28.8 Å². The summed E-state index contributed by atoms with van der Waals surface area (Å²) < 4.78 is 5.28. The van der Waals surface area contributed by atoms with Crippen LogP contribution in [0.15, 0.2) is 36.4 Å². The average molecular weight is 338 g/mol. The van der Waals surface area contributed by atoms with Gasteiger partial charge in [0.2, 0.25) is 5.95 Å². The molecule has 2 heterocycles. The lowest BCUT2D eigenvalue weighted by Gasteiger charge is -2.09. The van der Waals surface area contributed by atoms with Crippen LogP contribution in [-0.2, 0) is 13.0 Å². The molecule has 7 heteroatoms. The summed E-state index contributed by atoms with van der Waals surface area (Å²) in [7, 11) is 1.54. The van der Waals surface area contributed by atoms with Gasteiger partial charge in [0.1, 0.15) is 17.0 Å². The van der Waals surface area contributed by atoms with E-state index in [-0.39, 0.29) is 30.5 Å². The summed E-state index contributed by atoms with van der Waals surface area (Å²) in [6.07, 6.45) is 0.673. The minimum absolute atomic E-state index is 0.0285. The van der Waals surface area contributed by atoms with Gasteiger partial charge in [-0.05, 0) is 24.6 Å². The molecular weight excluding hydrogens is 320 g/mol. The van der Waals surface area contributed by atoms with Crippen molar-refractivity contribution in [2.24, 2.45) is 0 Å². The average Bonchev–Trinajstić information content (AvgIpc) is 2.65. The highest BCUT2D eigenvalue weighted by atomic mass is 16.5. The summed E-state index contributed by atoms with van der Waals surface area (Å²) in [5.74, 6) is 0.419. The number of aliphatic hydroxyl groups is 1. The number of para-hydroxylation sites is 1. The highest BCUT2D eigenvalue weighted by molar-refractivity contribution is 6.07. The zero-order valence-corrected chi connectivity index (χ0v) is 13.8. The van der Waals surface area contributed by atoms with Crippen LogP contribution in [0.1, 0.15) is 28.3 Å². The van der Waals surface area contributed by atoms with Gasteiger partial charge in [0, 0.05) is 17.5 Å². The van der Waals surface area contributed by atoms with Crippen LogP contribution >= 0.6 is 0 Å². The lowest BCUT2D eigenvalue weighted by Crippen LogP contribution is -2.09. The van der Waals surface area contributed by atoms with Crippen molar-refractivity contribution in [2.45, 2.75) is 19.4 Å². The number of hydrogen-bond acceptors (Lipinski definition) is 7. The summed E-state index contributed by atoms with van der Waals surface area (Å²) in [5, 5.41) is 9.75. The number of hydrogen-bond donors (Lipinski definition) is 2. The summed E-state index contributed by atoms with van der Waals surface area (Å²) in [5.41, 5.74) is 7.87. The van der Waals surface area contributed by atoms with Crippen molar-refractivity contribution >= 4 is 22.6 Å². The molecule has 3 rings (SSSR count). The molecule has 128 valence electrons. The first-order valence-corrected chi connectivity index (χ1v) is 7.81. The Labute approximate surface area is 144 Å². The van der Waals surface area contributed by atoms with Crippen molar-refractivity contribution in [3.8, 4) is 5.75 Å². The number of fused-ring (bicyclic) bond motifs is 1. The number of anilines is 1.